The van der Waals surface area contributed by atoms with Crippen LogP contribution in [-0.4, -0.2) is 22.8 Å². The van der Waals surface area contributed by atoms with Crippen molar-refractivity contribution in [2.75, 3.05) is 4.90 Å². The van der Waals surface area contributed by atoms with Crippen LogP contribution in [0, 0.1) is 5.82 Å². The molecular formula is C24H29FN2O3. The van der Waals surface area contributed by atoms with E-state index in [0.717, 1.165) is 41.6 Å². The number of urea groups is 1. The highest BCUT2D eigenvalue weighted by molar-refractivity contribution is 5.93. The Hall–Kier alpha value is -2.60. The molecule has 1 aliphatic carbocycles. The molecule has 0 saturated carbocycles. The van der Waals surface area contributed by atoms with E-state index in [2.05, 4.69) is 0 Å². The van der Waals surface area contributed by atoms with Crippen molar-refractivity contribution in [1.82, 2.24) is 0 Å². The number of hydrogen-bond acceptors (Lipinski definition) is 3. The Morgan fingerprint density at radius 2 is 2.07 bits per heavy atom. The predicted octanol–water partition coefficient (Wildman–Crippen LogP) is 4.64. The summed E-state index contributed by atoms with van der Waals surface area (Å²) in [5.74, 6) is 0.0902. The van der Waals surface area contributed by atoms with Crippen LogP contribution < -0.4 is 15.4 Å². The second-order valence-corrected chi connectivity index (χ2v) is 8.41. The van der Waals surface area contributed by atoms with Crippen molar-refractivity contribution in [1.29, 1.82) is 0 Å². The molecule has 6 heteroatoms. The molecular weight excluding hydrogens is 383 g/mol. The first-order valence-electron chi connectivity index (χ1n) is 10.7. The highest BCUT2D eigenvalue weighted by Gasteiger charge is 2.43. The number of anilines is 1. The molecule has 3 N–H and O–H groups in total. The van der Waals surface area contributed by atoms with Crippen molar-refractivity contribution >= 4 is 11.7 Å². The number of benzene rings is 2. The van der Waals surface area contributed by atoms with E-state index in [1.807, 2.05) is 32.0 Å². The Morgan fingerprint density at radius 1 is 1.30 bits per heavy atom. The molecule has 5 nitrogen and oxygen atoms in total. The predicted molar refractivity (Wildman–Crippen MR) is 114 cm³/mol. The fraction of sp³-hybridized carbons (Fsp3) is 0.458. The zero-order valence-electron chi connectivity index (χ0n) is 17.5. The van der Waals surface area contributed by atoms with Crippen molar-refractivity contribution in [3.8, 4) is 5.75 Å². The highest BCUT2D eigenvalue weighted by atomic mass is 19.1. The van der Waals surface area contributed by atoms with Gasteiger partial charge in [0, 0.05) is 30.2 Å². The van der Waals surface area contributed by atoms with Crippen LogP contribution >= 0.6 is 0 Å². The van der Waals surface area contributed by atoms with Gasteiger partial charge in [-0.2, -0.15) is 0 Å². The van der Waals surface area contributed by atoms with Crippen molar-refractivity contribution in [2.45, 2.75) is 70.1 Å². The molecule has 160 valence electrons. The van der Waals surface area contributed by atoms with Crippen molar-refractivity contribution in [3.05, 3.63) is 58.9 Å². The molecule has 0 fully saturated rings. The standard InChI is InChI=1S/C24H29FN2O3/c1-3-24(4-2)14-21(18-11-9-16(25)12-22(18)30-24)27(23(26)29)20-7-5-6-15-8-10-17(28)13-19(15)20/h5-7,9,11-12,17,21,28H,3-4,8,10,13-14H2,1-2H3,(H2,26,29)/t17-,21-/m1/s1. The normalized spacial score (nSPS) is 21.9. The summed E-state index contributed by atoms with van der Waals surface area (Å²) in [5, 5.41) is 10.3. The van der Waals surface area contributed by atoms with E-state index in [9.17, 15) is 14.3 Å². The van der Waals surface area contributed by atoms with Crippen LogP contribution in [0.1, 0.15) is 62.3 Å². The number of amides is 2. The van der Waals surface area contributed by atoms with Crippen LogP contribution in [0.25, 0.3) is 0 Å². The zero-order chi connectivity index (χ0) is 21.5. The Balaban J connectivity index is 1.87. The molecule has 2 aliphatic rings. The number of carbonyl (C=O) groups is 1. The number of hydrogen-bond donors (Lipinski definition) is 2. The van der Waals surface area contributed by atoms with Gasteiger partial charge >= 0.3 is 6.03 Å². The van der Waals surface area contributed by atoms with Crippen LogP contribution in [0.3, 0.4) is 0 Å². The Bertz CT molecular complexity index is 957. The second kappa shape index (κ2) is 7.91. The molecule has 0 radical (unpaired) electrons. The number of aryl methyl sites for hydroxylation is 1. The largest absolute Gasteiger partial charge is 0.487 e. The number of halogens is 1. The Morgan fingerprint density at radius 3 is 2.77 bits per heavy atom. The molecule has 1 aliphatic heterocycles. The van der Waals surface area contributed by atoms with Gasteiger partial charge in [0.15, 0.2) is 0 Å². The molecule has 0 spiro atoms. The average molecular weight is 413 g/mol. The molecule has 2 amide bonds. The third kappa shape index (κ3) is 3.54. The maximum Gasteiger partial charge on any atom is 0.319 e. The van der Waals surface area contributed by atoms with Gasteiger partial charge in [0.25, 0.3) is 0 Å². The van der Waals surface area contributed by atoms with Crippen molar-refractivity contribution < 1.29 is 19.0 Å². The molecule has 2 aromatic carbocycles. The lowest BCUT2D eigenvalue weighted by atomic mass is 9.82. The number of carbonyl (C=O) groups excluding carboxylic acids is 1. The minimum absolute atomic E-state index is 0.374. The lowest BCUT2D eigenvalue weighted by Gasteiger charge is -2.45. The number of fused-ring (bicyclic) bond motifs is 2. The van der Waals surface area contributed by atoms with Gasteiger partial charge < -0.3 is 15.6 Å². The molecule has 0 unspecified atom stereocenters. The first-order valence-corrected chi connectivity index (χ1v) is 10.7. The van der Waals surface area contributed by atoms with E-state index < -0.39 is 17.7 Å². The van der Waals surface area contributed by atoms with Crippen LogP contribution in [-0.2, 0) is 12.8 Å². The molecule has 0 bridgehead atoms. The number of rotatable bonds is 4. The number of aliphatic hydroxyl groups excluding tert-OH is 1. The van der Waals surface area contributed by atoms with E-state index in [4.69, 9.17) is 10.5 Å². The summed E-state index contributed by atoms with van der Waals surface area (Å²) in [6, 6.07) is 9.39. The molecule has 4 rings (SSSR count). The van der Waals surface area contributed by atoms with E-state index in [-0.39, 0.29) is 11.9 Å². The zero-order valence-corrected chi connectivity index (χ0v) is 17.5. The van der Waals surface area contributed by atoms with Crippen LogP contribution in [0.4, 0.5) is 14.9 Å². The molecule has 30 heavy (non-hydrogen) atoms. The van der Waals surface area contributed by atoms with E-state index in [1.165, 1.54) is 12.1 Å². The van der Waals surface area contributed by atoms with Gasteiger partial charge in [0.2, 0.25) is 0 Å². The SMILES string of the molecule is CCC1(CC)C[C@@H](N(C(N)=O)c2cccc3c2C[C@H](O)CC3)c2ccc(F)cc2O1. The summed E-state index contributed by atoms with van der Waals surface area (Å²) in [6.07, 6.45) is 3.55. The van der Waals surface area contributed by atoms with Crippen molar-refractivity contribution in [3.63, 3.8) is 0 Å². The minimum Gasteiger partial charge on any atom is -0.487 e. The third-order valence-corrected chi connectivity index (χ3v) is 6.76. The van der Waals surface area contributed by atoms with Crippen molar-refractivity contribution in [2.24, 2.45) is 5.73 Å². The molecule has 2 aromatic rings. The van der Waals surface area contributed by atoms with Gasteiger partial charge in [-0.1, -0.05) is 32.0 Å². The third-order valence-electron chi connectivity index (χ3n) is 6.76. The average Bonchev–Trinajstić information content (AvgIpc) is 2.73. The lowest BCUT2D eigenvalue weighted by molar-refractivity contribution is 0.0276. The van der Waals surface area contributed by atoms with Gasteiger partial charge in [-0.3, -0.25) is 4.90 Å². The Kier molecular flexibility index (Phi) is 5.45. The topological polar surface area (TPSA) is 75.8 Å². The summed E-state index contributed by atoms with van der Waals surface area (Å²) >= 11 is 0. The summed E-state index contributed by atoms with van der Waals surface area (Å²) in [7, 11) is 0. The number of aliphatic hydroxyl groups is 1. The quantitative estimate of drug-likeness (QED) is 0.768. The summed E-state index contributed by atoms with van der Waals surface area (Å²) in [5.41, 5.74) is 9.00. The lowest BCUT2D eigenvalue weighted by Crippen LogP contribution is -2.48. The van der Waals surface area contributed by atoms with Gasteiger partial charge in [0.1, 0.15) is 17.2 Å². The first kappa shape index (κ1) is 20.7. The maximum absolute atomic E-state index is 14.0. The van der Waals surface area contributed by atoms with Gasteiger partial charge in [0.05, 0.1) is 12.1 Å². The second-order valence-electron chi connectivity index (χ2n) is 8.41. The monoisotopic (exact) mass is 412 g/mol. The van der Waals surface area contributed by atoms with E-state index in [0.29, 0.717) is 25.0 Å². The molecule has 1 heterocycles. The fourth-order valence-electron chi connectivity index (χ4n) is 4.94. The van der Waals surface area contributed by atoms with Gasteiger partial charge in [-0.15, -0.1) is 0 Å². The van der Waals surface area contributed by atoms with E-state index >= 15 is 0 Å². The fourth-order valence-corrected chi connectivity index (χ4v) is 4.94. The number of primary amides is 1. The van der Waals surface area contributed by atoms with E-state index in [1.54, 1.807) is 11.0 Å². The Labute approximate surface area is 176 Å². The molecule has 0 saturated heterocycles. The summed E-state index contributed by atoms with van der Waals surface area (Å²) in [6.45, 7) is 4.08. The maximum atomic E-state index is 14.0. The summed E-state index contributed by atoms with van der Waals surface area (Å²) in [4.78, 5) is 14.4. The first-order chi connectivity index (χ1) is 14.4. The number of ether oxygens (including phenoxy) is 1. The number of nitrogens with zero attached hydrogens (tertiary/aromatic N) is 1. The number of nitrogens with two attached hydrogens (primary N) is 1. The van der Waals surface area contributed by atoms with Crippen LogP contribution in [0.2, 0.25) is 0 Å². The van der Waals surface area contributed by atoms with Gasteiger partial charge in [-0.25, -0.2) is 9.18 Å². The molecule has 2 atom stereocenters. The summed E-state index contributed by atoms with van der Waals surface area (Å²) < 4.78 is 20.3. The van der Waals surface area contributed by atoms with Crippen LogP contribution in [0.15, 0.2) is 36.4 Å². The van der Waals surface area contributed by atoms with Crippen LogP contribution in [0.5, 0.6) is 5.75 Å². The smallest absolute Gasteiger partial charge is 0.319 e. The van der Waals surface area contributed by atoms with Gasteiger partial charge in [-0.05, 0) is 48.9 Å². The highest BCUT2D eigenvalue weighted by Crippen LogP contribution is 2.47. The minimum atomic E-state index is -0.563. The molecule has 0 aromatic heterocycles.